The summed E-state index contributed by atoms with van der Waals surface area (Å²) in [6.07, 6.45) is 0.510. The van der Waals surface area contributed by atoms with E-state index in [1.54, 1.807) is 0 Å². The molecule has 1 aliphatic rings. The van der Waals surface area contributed by atoms with E-state index in [4.69, 9.17) is 5.21 Å². The minimum atomic E-state index is -0.345. The van der Waals surface area contributed by atoms with E-state index in [2.05, 4.69) is 9.89 Å². The van der Waals surface area contributed by atoms with Crippen LogP contribution in [-0.4, -0.2) is 24.0 Å². The summed E-state index contributed by atoms with van der Waals surface area (Å²) in [6, 6.07) is 0. The first-order valence-electron chi connectivity index (χ1n) is 3.83. The summed E-state index contributed by atoms with van der Waals surface area (Å²) in [7, 11) is 1.37. The number of rotatable bonds is 1. The van der Waals surface area contributed by atoms with Gasteiger partial charge in [0.05, 0.1) is 18.7 Å². The molecule has 0 saturated heterocycles. The molecule has 0 aliphatic heterocycles. The molecule has 1 atom stereocenters. The van der Waals surface area contributed by atoms with E-state index in [-0.39, 0.29) is 17.3 Å². The normalized spacial score (nSPS) is 29.6. The summed E-state index contributed by atoms with van der Waals surface area (Å²) >= 11 is 0. The van der Waals surface area contributed by atoms with Gasteiger partial charge >= 0.3 is 5.97 Å². The number of oxime groups is 1. The summed E-state index contributed by atoms with van der Waals surface area (Å²) in [5.74, 6) is -0.388. The van der Waals surface area contributed by atoms with E-state index in [1.165, 1.54) is 7.11 Å². The molecule has 1 rings (SSSR count). The van der Waals surface area contributed by atoms with Gasteiger partial charge in [0.1, 0.15) is 0 Å². The lowest BCUT2D eigenvalue weighted by Crippen LogP contribution is -2.49. The maximum absolute atomic E-state index is 11.1. The zero-order valence-corrected chi connectivity index (χ0v) is 7.50. The largest absolute Gasteiger partial charge is 0.469 e. The van der Waals surface area contributed by atoms with Crippen LogP contribution in [0.3, 0.4) is 0 Å². The molecule has 0 amide bonds. The van der Waals surface area contributed by atoms with Gasteiger partial charge in [0.2, 0.25) is 0 Å². The molecule has 0 aromatic rings. The molecule has 0 spiro atoms. The highest BCUT2D eigenvalue weighted by molar-refractivity contribution is 6.02. The highest BCUT2D eigenvalue weighted by atomic mass is 16.5. The summed E-state index contributed by atoms with van der Waals surface area (Å²) < 4.78 is 4.61. The quantitative estimate of drug-likeness (QED) is 0.364. The topological polar surface area (TPSA) is 58.9 Å². The number of esters is 1. The van der Waals surface area contributed by atoms with Crippen LogP contribution in [0.2, 0.25) is 0 Å². The van der Waals surface area contributed by atoms with Gasteiger partial charge < -0.3 is 9.94 Å². The van der Waals surface area contributed by atoms with Gasteiger partial charge in [0.25, 0.3) is 0 Å². The molecule has 0 radical (unpaired) electrons. The van der Waals surface area contributed by atoms with Crippen molar-refractivity contribution in [3.05, 3.63) is 0 Å². The Labute approximate surface area is 71.2 Å². The summed E-state index contributed by atoms with van der Waals surface area (Å²) in [5, 5.41) is 11.7. The van der Waals surface area contributed by atoms with E-state index in [0.717, 1.165) is 0 Å². The van der Waals surface area contributed by atoms with Crippen molar-refractivity contribution in [2.75, 3.05) is 7.11 Å². The molecule has 1 aliphatic carbocycles. The molecule has 0 heterocycles. The van der Waals surface area contributed by atoms with Gasteiger partial charge in [0.15, 0.2) is 0 Å². The Morgan fingerprint density at radius 2 is 2.33 bits per heavy atom. The second kappa shape index (κ2) is 2.77. The third-order valence-electron chi connectivity index (χ3n) is 2.62. The average Bonchev–Trinajstić information content (AvgIpc) is 2.03. The molecule has 4 nitrogen and oxygen atoms in total. The van der Waals surface area contributed by atoms with Crippen LogP contribution in [0.15, 0.2) is 5.16 Å². The summed E-state index contributed by atoms with van der Waals surface area (Å²) in [5.41, 5.74) is 0.319. The second-order valence-electron chi connectivity index (χ2n) is 3.55. The van der Waals surface area contributed by atoms with Crippen LogP contribution < -0.4 is 0 Å². The van der Waals surface area contributed by atoms with Crippen LogP contribution in [0.25, 0.3) is 0 Å². The summed E-state index contributed by atoms with van der Waals surface area (Å²) in [6.45, 7) is 3.74. The van der Waals surface area contributed by atoms with Gasteiger partial charge in [0, 0.05) is 11.8 Å². The SMILES string of the molecule is COC(=O)C1C/C(=N/O)C1(C)C. The number of carbonyl (C=O) groups is 1. The summed E-state index contributed by atoms with van der Waals surface area (Å²) in [4.78, 5) is 11.1. The fourth-order valence-electron chi connectivity index (χ4n) is 1.47. The van der Waals surface area contributed by atoms with E-state index in [0.29, 0.717) is 12.1 Å². The van der Waals surface area contributed by atoms with Gasteiger partial charge in [-0.25, -0.2) is 0 Å². The predicted octanol–water partition coefficient (Wildman–Crippen LogP) is 1.04. The Morgan fingerprint density at radius 3 is 2.67 bits per heavy atom. The Bertz CT molecular complexity index is 232. The Kier molecular flexibility index (Phi) is 2.08. The van der Waals surface area contributed by atoms with Crippen LogP contribution in [-0.2, 0) is 9.53 Å². The van der Waals surface area contributed by atoms with Crippen LogP contribution in [0.5, 0.6) is 0 Å². The lowest BCUT2D eigenvalue weighted by molar-refractivity contribution is -0.149. The molecule has 1 saturated carbocycles. The number of hydrogen-bond acceptors (Lipinski definition) is 4. The molecular formula is C8H13NO3. The van der Waals surface area contributed by atoms with E-state index in [9.17, 15) is 4.79 Å². The molecule has 12 heavy (non-hydrogen) atoms. The molecule has 0 aromatic heterocycles. The number of nitrogens with zero attached hydrogens (tertiary/aromatic N) is 1. The Balaban J connectivity index is 2.72. The standard InChI is InChI=1S/C8H13NO3/c1-8(2)5(7(10)12-3)4-6(8)9-11/h5,11H,4H2,1-3H3/b9-6-. The van der Waals surface area contributed by atoms with Crippen LogP contribution in [0.4, 0.5) is 0 Å². The number of ether oxygens (including phenoxy) is 1. The molecule has 68 valence electrons. The minimum absolute atomic E-state index is 0.159. The fourth-order valence-corrected chi connectivity index (χ4v) is 1.47. The maximum Gasteiger partial charge on any atom is 0.309 e. The molecule has 0 aromatic carbocycles. The van der Waals surface area contributed by atoms with Crippen molar-refractivity contribution >= 4 is 11.7 Å². The number of methoxy groups -OCH3 is 1. The maximum atomic E-state index is 11.1. The lowest BCUT2D eigenvalue weighted by Gasteiger charge is -2.42. The average molecular weight is 171 g/mol. The zero-order chi connectivity index (χ0) is 9.35. The monoisotopic (exact) mass is 171 g/mol. The van der Waals surface area contributed by atoms with Crippen LogP contribution in [0, 0.1) is 11.3 Å². The van der Waals surface area contributed by atoms with Gasteiger partial charge in [-0.2, -0.15) is 0 Å². The predicted molar refractivity (Wildman–Crippen MR) is 43.1 cm³/mol. The lowest BCUT2D eigenvalue weighted by atomic mass is 9.61. The van der Waals surface area contributed by atoms with Gasteiger partial charge in [-0.15, -0.1) is 0 Å². The molecule has 0 bridgehead atoms. The van der Waals surface area contributed by atoms with Gasteiger partial charge in [-0.3, -0.25) is 4.79 Å². The van der Waals surface area contributed by atoms with Crippen molar-refractivity contribution in [1.82, 2.24) is 0 Å². The first-order chi connectivity index (χ1) is 5.54. The van der Waals surface area contributed by atoms with Crippen molar-refractivity contribution in [3.63, 3.8) is 0 Å². The third kappa shape index (κ3) is 1.07. The van der Waals surface area contributed by atoms with Crippen molar-refractivity contribution in [3.8, 4) is 0 Å². The molecule has 1 unspecified atom stereocenters. The van der Waals surface area contributed by atoms with Crippen LogP contribution in [0.1, 0.15) is 20.3 Å². The molecule has 1 N–H and O–H groups in total. The number of hydrogen-bond donors (Lipinski definition) is 1. The molecule has 4 heteroatoms. The molecule has 1 fully saturated rings. The highest BCUT2D eigenvalue weighted by Crippen LogP contribution is 2.43. The molecular weight excluding hydrogens is 158 g/mol. The minimum Gasteiger partial charge on any atom is -0.469 e. The second-order valence-corrected chi connectivity index (χ2v) is 3.55. The van der Waals surface area contributed by atoms with Gasteiger partial charge in [-0.1, -0.05) is 19.0 Å². The van der Waals surface area contributed by atoms with Crippen LogP contribution >= 0.6 is 0 Å². The third-order valence-corrected chi connectivity index (χ3v) is 2.62. The number of carbonyl (C=O) groups excluding carboxylic acids is 1. The Hall–Kier alpha value is -1.06. The van der Waals surface area contributed by atoms with Crippen molar-refractivity contribution in [1.29, 1.82) is 0 Å². The van der Waals surface area contributed by atoms with Crippen molar-refractivity contribution < 1.29 is 14.7 Å². The smallest absolute Gasteiger partial charge is 0.309 e. The Morgan fingerprint density at radius 1 is 1.75 bits per heavy atom. The van der Waals surface area contributed by atoms with Crippen molar-refractivity contribution in [2.45, 2.75) is 20.3 Å². The highest BCUT2D eigenvalue weighted by Gasteiger charge is 2.50. The fraction of sp³-hybridized carbons (Fsp3) is 0.750. The van der Waals surface area contributed by atoms with E-state index < -0.39 is 0 Å². The first-order valence-corrected chi connectivity index (χ1v) is 3.83. The van der Waals surface area contributed by atoms with E-state index in [1.807, 2.05) is 13.8 Å². The first kappa shape index (κ1) is 9.03. The zero-order valence-electron chi connectivity index (χ0n) is 7.50. The van der Waals surface area contributed by atoms with Gasteiger partial charge in [-0.05, 0) is 0 Å². The van der Waals surface area contributed by atoms with Crippen molar-refractivity contribution in [2.24, 2.45) is 16.5 Å². The van der Waals surface area contributed by atoms with E-state index >= 15 is 0 Å².